The van der Waals surface area contributed by atoms with Crippen LogP contribution in [0, 0.1) is 23.2 Å². The highest BCUT2D eigenvalue weighted by Crippen LogP contribution is 2.43. The minimum atomic E-state index is 0.361. The summed E-state index contributed by atoms with van der Waals surface area (Å²) >= 11 is 0. The highest BCUT2D eigenvalue weighted by atomic mass is 15.3. The molecule has 3 nitrogen and oxygen atoms in total. The van der Waals surface area contributed by atoms with Crippen molar-refractivity contribution >= 4 is 0 Å². The number of rotatable bonds is 2. The van der Waals surface area contributed by atoms with Gasteiger partial charge in [-0.2, -0.15) is 0 Å². The van der Waals surface area contributed by atoms with Gasteiger partial charge in [0.05, 0.1) is 0 Å². The second-order valence-corrected chi connectivity index (χ2v) is 12.0. The molecule has 2 atom stereocenters. The van der Waals surface area contributed by atoms with Crippen LogP contribution in [0.4, 0.5) is 0 Å². The van der Waals surface area contributed by atoms with Gasteiger partial charge < -0.3 is 4.90 Å². The average molecular weight is 362 g/mol. The summed E-state index contributed by atoms with van der Waals surface area (Å²) in [6, 6.07) is 1.77. The van der Waals surface area contributed by atoms with Crippen molar-refractivity contribution in [2.75, 3.05) is 39.3 Å². The van der Waals surface area contributed by atoms with E-state index >= 15 is 0 Å². The van der Waals surface area contributed by atoms with Crippen molar-refractivity contribution < 1.29 is 0 Å². The molecule has 4 aliphatic rings. The number of fused-ring (bicyclic) bond motifs is 1. The first kappa shape index (κ1) is 19.2. The van der Waals surface area contributed by atoms with Gasteiger partial charge in [-0.1, -0.05) is 20.8 Å². The highest BCUT2D eigenvalue weighted by Gasteiger charge is 2.46. The largest absolute Gasteiger partial charge is 0.300 e. The molecule has 0 amide bonds. The quantitative estimate of drug-likeness (QED) is 0.738. The van der Waals surface area contributed by atoms with E-state index in [1.165, 1.54) is 65.0 Å². The predicted octanol–water partition coefficient (Wildman–Crippen LogP) is 3.94. The third-order valence-electron chi connectivity index (χ3n) is 8.34. The summed E-state index contributed by atoms with van der Waals surface area (Å²) < 4.78 is 0. The van der Waals surface area contributed by atoms with Crippen LogP contribution in [0.1, 0.15) is 67.2 Å². The zero-order chi connectivity index (χ0) is 18.7. The molecule has 3 saturated heterocycles. The highest BCUT2D eigenvalue weighted by molar-refractivity contribution is 5.00. The molecule has 0 bridgehead atoms. The van der Waals surface area contributed by atoms with E-state index in [0.717, 1.165) is 29.8 Å². The van der Waals surface area contributed by atoms with E-state index in [1.54, 1.807) is 0 Å². The number of nitrogens with zero attached hydrogens (tertiary/aromatic N) is 3. The van der Waals surface area contributed by atoms with Crippen LogP contribution >= 0.6 is 0 Å². The van der Waals surface area contributed by atoms with Crippen LogP contribution in [-0.4, -0.2) is 71.6 Å². The summed E-state index contributed by atoms with van der Waals surface area (Å²) in [5.74, 6) is 2.86. The molecule has 3 aliphatic heterocycles. The summed E-state index contributed by atoms with van der Waals surface area (Å²) in [5, 5.41) is 0. The normalized spacial score (nSPS) is 36.5. The fraction of sp³-hybridized carbons (Fsp3) is 1.00. The molecule has 1 aliphatic carbocycles. The molecular formula is C23H43N3. The molecule has 3 heteroatoms. The van der Waals surface area contributed by atoms with Crippen LogP contribution in [0.2, 0.25) is 0 Å². The third kappa shape index (κ3) is 3.73. The minimum absolute atomic E-state index is 0.361. The van der Waals surface area contributed by atoms with Gasteiger partial charge in [0.15, 0.2) is 0 Å². The first-order valence-corrected chi connectivity index (χ1v) is 11.3. The lowest BCUT2D eigenvalue weighted by Gasteiger charge is -2.52. The van der Waals surface area contributed by atoms with Crippen LogP contribution in [-0.2, 0) is 0 Å². The second-order valence-electron chi connectivity index (χ2n) is 12.0. The molecule has 4 fully saturated rings. The molecule has 4 rings (SSSR count). The van der Waals surface area contributed by atoms with E-state index in [-0.39, 0.29) is 0 Å². The predicted molar refractivity (Wildman–Crippen MR) is 110 cm³/mol. The van der Waals surface area contributed by atoms with E-state index in [4.69, 9.17) is 0 Å². The maximum Gasteiger partial charge on any atom is 0.0125 e. The van der Waals surface area contributed by atoms with E-state index < -0.39 is 0 Å². The molecule has 150 valence electrons. The van der Waals surface area contributed by atoms with Crippen molar-refractivity contribution in [3.05, 3.63) is 0 Å². The Morgan fingerprint density at radius 1 is 0.654 bits per heavy atom. The number of hydrogen-bond donors (Lipinski definition) is 0. The molecule has 0 aromatic heterocycles. The Balaban J connectivity index is 1.21. The third-order valence-corrected chi connectivity index (χ3v) is 8.34. The second kappa shape index (κ2) is 6.74. The first-order chi connectivity index (χ1) is 12.1. The van der Waals surface area contributed by atoms with Crippen LogP contribution in [0.15, 0.2) is 0 Å². The number of piperidine rings is 1. The van der Waals surface area contributed by atoms with Gasteiger partial charge in [0.25, 0.3) is 0 Å². The zero-order valence-electron chi connectivity index (χ0n) is 18.3. The molecule has 0 aromatic rings. The van der Waals surface area contributed by atoms with Gasteiger partial charge in [0, 0.05) is 43.8 Å². The molecule has 1 saturated carbocycles. The van der Waals surface area contributed by atoms with Crippen molar-refractivity contribution in [1.82, 2.24) is 14.7 Å². The SMILES string of the molecule is CC(C)(C)C1CN(C2CCN(C3CC4CN(C(C)(C)C)CC4C3)CC2)C1. The zero-order valence-corrected chi connectivity index (χ0v) is 18.3. The number of likely N-dealkylation sites (tertiary alicyclic amines) is 3. The summed E-state index contributed by atoms with van der Waals surface area (Å²) in [6.45, 7) is 22.5. The monoisotopic (exact) mass is 361 g/mol. The molecule has 0 aromatic carbocycles. The molecule has 0 radical (unpaired) electrons. The van der Waals surface area contributed by atoms with Crippen LogP contribution in [0.25, 0.3) is 0 Å². The van der Waals surface area contributed by atoms with Gasteiger partial charge in [-0.15, -0.1) is 0 Å². The fourth-order valence-corrected chi connectivity index (χ4v) is 6.09. The van der Waals surface area contributed by atoms with Gasteiger partial charge in [-0.3, -0.25) is 9.80 Å². The lowest BCUT2D eigenvalue weighted by atomic mass is 9.75. The van der Waals surface area contributed by atoms with Crippen molar-refractivity contribution in [1.29, 1.82) is 0 Å². The maximum atomic E-state index is 2.87. The topological polar surface area (TPSA) is 9.72 Å². The Hall–Kier alpha value is -0.120. The molecule has 0 spiro atoms. The maximum absolute atomic E-state index is 2.87. The Kier molecular flexibility index (Phi) is 4.98. The molecule has 3 heterocycles. The van der Waals surface area contributed by atoms with Crippen molar-refractivity contribution in [2.24, 2.45) is 23.2 Å². The van der Waals surface area contributed by atoms with Crippen molar-refractivity contribution in [2.45, 2.75) is 84.8 Å². The number of hydrogen-bond acceptors (Lipinski definition) is 3. The Labute approximate surface area is 162 Å². The van der Waals surface area contributed by atoms with Gasteiger partial charge in [0.2, 0.25) is 0 Å². The van der Waals surface area contributed by atoms with E-state index in [1.807, 2.05) is 0 Å². The standard InChI is InChI=1S/C23H43N3/c1-22(2,3)19-15-25(16-19)20-7-9-24(10-8-20)21-11-17-13-26(23(4,5)6)14-18(17)12-21/h17-21H,7-16H2,1-6H3. The molecule has 26 heavy (non-hydrogen) atoms. The van der Waals surface area contributed by atoms with Gasteiger partial charge in [0.1, 0.15) is 0 Å². The average Bonchev–Trinajstić information content (AvgIpc) is 3.02. The Morgan fingerprint density at radius 2 is 1.19 bits per heavy atom. The lowest BCUT2D eigenvalue weighted by molar-refractivity contribution is -0.0299. The summed E-state index contributed by atoms with van der Waals surface area (Å²) in [5.41, 5.74) is 0.861. The van der Waals surface area contributed by atoms with Gasteiger partial charge >= 0.3 is 0 Å². The lowest BCUT2D eigenvalue weighted by Crippen LogP contribution is -2.58. The minimum Gasteiger partial charge on any atom is -0.300 e. The van der Waals surface area contributed by atoms with Crippen LogP contribution in [0.5, 0.6) is 0 Å². The molecular weight excluding hydrogens is 318 g/mol. The van der Waals surface area contributed by atoms with E-state index in [9.17, 15) is 0 Å². The summed E-state index contributed by atoms with van der Waals surface area (Å²) in [6.07, 6.45) is 5.77. The van der Waals surface area contributed by atoms with Crippen LogP contribution in [0.3, 0.4) is 0 Å². The van der Waals surface area contributed by atoms with E-state index in [2.05, 4.69) is 56.2 Å². The summed E-state index contributed by atoms with van der Waals surface area (Å²) in [4.78, 5) is 8.40. The van der Waals surface area contributed by atoms with Crippen molar-refractivity contribution in [3.63, 3.8) is 0 Å². The Bertz CT molecular complexity index is 475. The first-order valence-electron chi connectivity index (χ1n) is 11.3. The Morgan fingerprint density at radius 3 is 1.65 bits per heavy atom. The molecule has 0 N–H and O–H groups in total. The van der Waals surface area contributed by atoms with E-state index in [0.29, 0.717) is 11.0 Å². The summed E-state index contributed by atoms with van der Waals surface area (Å²) in [7, 11) is 0. The smallest absolute Gasteiger partial charge is 0.0125 e. The van der Waals surface area contributed by atoms with Gasteiger partial charge in [-0.05, 0) is 82.7 Å². The van der Waals surface area contributed by atoms with Gasteiger partial charge in [-0.25, -0.2) is 0 Å². The van der Waals surface area contributed by atoms with Crippen molar-refractivity contribution in [3.8, 4) is 0 Å². The van der Waals surface area contributed by atoms with Crippen LogP contribution < -0.4 is 0 Å². The fourth-order valence-electron chi connectivity index (χ4n) is 6.09. The molecule has 2 unspecified atom stereocenters.